The van der Waals surface area contributed by atoms with Crippen LogP contribution in [0.25, 0.3) is 5.69 Å². The number of nitrogens with zero attached hydrogens (tertiary/aromatic N) is 4. The minimum atomic E-state index is -0.512. The van der Waals surface area contributed by atoms with Crippen LogP contribution in [-0.4, -0.2) is 41.8 Å². The highest BCUT2D eigenvalue weighted by Crippen LogP contribution is 2.31. The number of amides is 2. The molecule has 1 aromatic heterocycles. The number of nitrogens with two attached hydrogens (primary N) is 1. The number of ether oxygens (including phenoxy) is 1. The highest BCUT2D eigenvalue weighted by atomic mass is 16.5. The van der Waals surface area contributed by atoms with Gasteiger partial charge in [0.05, 0.1) is 25.0 Å². The molecule has 0 saturated carbocycles. The molecule has 2 aliphatic rings. The number of benzene rings is 2. The van der Waals surface area contributed by atoms with E-state index in [1.165, 1.54) is 0 Å². The van der Waals surface area contributed by atoms with Gasteiger partial charge in [-0.05, 0) is 67.8 Å². The number of methoxy groups -OCH3 is 1. The van der Waals surface area contributed by atoms with Crippen LogP contribution in [0.1, 0.15) is 41.0 Å². The predicted octanol–water partition coefficient (Wildman–Crippen LogP) is 3.06. The van der Waals surface area contributed by atoms with Crippen molar-refractivity contribution < 1.29 is 14.3 Å². The van der Waals surface area contributed by atoms with Crippen LogP contribution in [0.2, 0.25) is 0 Å². The normalized spacial score (nSPS) is 16.0. The van der Waals surface area contributed by atoms with Gasteiger partial charge in [-0.1, -0.05) is 0 Å². The number of hydrogen-bond acceptors (Lipinski definition) is 5. The molecule has 0 radical (unpaired) electrons. The maximum atomic E-state index is 12.2. The minimum Gasteiger partial charge on any atom is -0.497 e. The van der Waals surface area contributed by atoms with Crippen LogP contribution in [0, 0.1) is 0 Å². The molecule has 0 unspecified atom stereocenters. The fraction of sp³-hybridized carbons (Fsp3) is 0.320. The molecule has 2 aromatic carbocycles. The van der Waals surface area contributed by atoms with E-state index in [2.05, 4.69) is 22.1 Å². The number of aromatic nitrogens is 2. The third-order valence-corrected chi connectivity index (χ3v) is 6.46. The number of fused-ring (bicyclic) bond motifs is 1. The summed E-state index contributed by atoms with van der Waals surface area (Å²) in [6.45, 7) is 2.13. The van der Waals surface area contributed by atoms with Crippen LogP contribution in [0.15, 0.2) is 48.5 Å². The Bertz CT molecular complexity index is 1180. The molecule has 2 N–H and O–H groups in total. The molecule has 8 heteroatoms. The maximum Gasteiger partial charge on any atom is 0.269 e. The molecular formula is C25H27N5O3. The average Bonchev–Trinajstić information content (AvgIpc) is 3.24. The summed E-state index contributed by atoms with van der Waals surface area (Å²) in [5.41, 5.74) is 10.7. The number of carbonyl (C=O) groups is 2. The summed E-state index contributed by atoms with van der Waals surface area (Å²) in [5.74, 6) is 0.435. The molecular weight excluding hydrogens is 418 g/mol. The lowest BCUT2D eigenvalue weighted by Gasteiger charge is -2.31. The molecule has 3 heterocycles. The van der Waals surface area contributed by atoms with Crippen molar-refractivity contribution in [3.05, 3.63) is 65.5 Å². The van der Waals surface area contributed by atoms with Crippen LogP contribution >= 0.6 is 0 Å². The summed E-state index contributed by atoms with van der Waals surface area (Å²) in [7, 11) is 1.63. The Balaban J connectivity index is 1.44. The molecule has 170 valence electrons. The smallest absolute Gasteiger partial charge is 0.269 e. The second kappa shape index (κ2) is 8.61. The second-order valence-corrected chi connectivity index (χ2v) is 8.44. The van der Waals surface area contributed by atoms with Gasteiger partial charge in [0.2, 0.25) is 5.91 Å². The minimum absolute atomic E-state index is 0.194. The van der Waals surface area contributed by atoms with Crippen molar-refractivity contribution >= 4 is 23.2 Å². The number of primary amides is 1. The Hall–Kier alpha value is -3.81. The quantitative estimate of drug-likeness (QED) is 0.652. The van der Waals surface area contributed by atoms with Gasteiger partial charge in [0.15, 0.2) is 5.69 Å². The van der Waals surface area contributed by atoms with E-state index in [1.54, 1.807) is 7.11 Å². The van der Waals surface area contributed by atoms with E-state index in [0.717, 1.165) is 60.0 Å². The molecule has 0 atom stereocenters. The van der Waals surface area contributed by atoms with Gasteiger partial charge in [-0.15, -0.1) is 0 Å². The highest BCUT2D eigenvalue weighted by molar-refractivity contribution is 5.94. The zero-order chi connectivity index (χ0) is 22.9. The van der Waals surface area contributed by atoms with E-state index in [9.17, 15) is 9.59 Å². The van der Waals surface area contributed by atoms with Gasteiger partial charge in [-0.3, -0.25) is 9.59 Å². The van der Waals surface area contributed by atoms with Gasteiger partial charge < -0.3 is 20.3 Å². The van der Waals surface area contributed by atoms with Gasteiger partial charge >= 0.3 is 0 Å². The molecule has 5 rings (SSSR count). The zero-order valence-electron chi connectivity index (χ0n) is 18.7. The molecule has 0 spiro atoms. The van der Waals surface area contributed by atoms with E-state index >= 15 is 0 Å². The lowest BCUT2D eigenvalue weighted by atomic mass is 10.0. The first-order valence-electron chi connectivity index (χ1n) is 11.3. The average molecular weight is 446 g/mol. The number of carbonyl (C=O) groups excluding carboxylic acids is 2. The third-order valence-electron chi connectivity index (χ3n) is 6.46. The number of rotatable bonds is 5. The van der Waals surface area contributed by atoms with Crippen LogP contribution in [-0.2, 0) is 17.8 Å². The molecule has 1 fully saturated rings. The van der Waals surface area contributed by atoms with Crippen molar-refractivity contribution in [3.8, 4) is 11.4 Å². The van der Waals surface area contributed by atoms with Crippen molar-refractivity contribution in [1.82, 2.24) is 9.78 Å². The van der Waals surface area contributed by atoms with Crippen LogP contribution in [0.4, 0.5) is 11.4 Å². The first-order valence-corrected chi connectivity index (χ1v) is 11.3. The molecule has 2 aliphatic heterocycles. The van der Waals surface area contributed by atoms with Crippen molar-refractivity contribution in [2.45, 2.75) is 32.2 Å². The summed E-state index contributed by atoms with van der Waals surface area (Å²) in [5, 5.41) is 4.56. The first-order chi connectivity index (χ1) is 16.0. The standard InChI is InChI=1S/C25H27N5O3/c1-33-20-11-9-19(10-12-20)30-22-16-28(15-13-21(22)24(27-30)25(26)32)17-5-7-18(8-6-17)29-14-3-2-4-23(29)31/h5-12H,2-4,13-16H2,1H3,(H2,26,32). The Morgan fingerprint density at radius 2 is 1.64 bits per heavy atom. The molecule has 0 bridgehead atoms. The van der Waals surface area contributed by atoms with Crippen molar-refractivity contribution in [3.63, 3.8) is 0 Å². The summed E-state index contributed by atoms with van der Waals surface area (Å²) in [6.07, 6.45) is 3.31. The van der Waals surface area contributed by atoms with E-state index in [-0.39, 0.29) is 5.91 Å². The lowest BCUT2D eigenvalue weighted by molar-refractivity contribution is -0.119. The number of hydrogen-bond donors (Lipinski definition) is 1. The number of piperidine rings is 1. The topological polar surface area (TPSA) is 93.7 Å². The number of anilines is 2. The fourth-order valence-electron chi connectivity index (χ4n) is 4.69. The molecule has 3 aromatic rings. The van der Waals surface area contributed by atoms with E-state index < -0.39 is 5.91 Å². The Labute approximate surface area is 192 Å². The van der Waals surface area contributed by atoms with Crippen LogP contribution in [0.3, 0.4) is 0 Å². The van der Waals surface area contributed by atoms with E-state index in [4.69, 9.17) is 10.5 Å². The molecule has 1 saturated heterocycles. The Kier molecular flexibility index (Phi) is 5.50. The Morgan fingerprint density at radius 1 is 0.939 bits per heavy atom. The van der Waals surface area contributed by atoms with Crippen LogP contribution < -0.4 is 20.3 Å². The van der Waals surface area contributed by atoms with Gasteiger partial charge in [0.25, 0.3) is 5.91 Å². The SMILES string of the molecule is COc1ccc(-n2nc(C(N)=O)c3c2CN(c2ccc(N4CCCCC4=O)cc2)CC3)cc1. The molecule has 2 amide bonds. The first kappa shape index (κ1) is 21.1. The van der Waals surface area contributed by atoms with Gasteiger partial charge in [-0.2, -0.15) is 5.10 Å². The third kappa shape index (κ3) is 3.92. The van der Waals surface area contributed by atoms with Gasteiger partial charge in [0, 0.05) is 36.4 Å². The van der Waals surface area contributed by atoms with Crippen molar-refractivity contribution in [2.24, 2.45) is 5.73 Å². The molecule has 0 aliphatic carbocycles. The summed E-state index contributed by atoms with van der Waals surface area (Å²) in [6, 6.07) is 15.7. The van der Waals surface area contributed by atoms with E-state index in [0.29, 0.717) is 25.1 Å². The van der Waals surface area contributed by atoms with Crippen LogP contribution in [0.5, 0.6) is 5.75 Å². The van der Waals surface area contributed by atoms with Crippen molar-refractivity contribution in [2.75, 3.05) is 30.0 Å². The lowest BCUT2D eigenvalue weighted by Crippen LogP contribution is -2.35. The summed E-state index contributed by atoms with van der Waals surface area (Å²) >= 11 is 0. The summed E-state index contributed by atoms with van der Waals surface area (Å²) < 4.78 is 7.07. The Morgan fingerprint density at radius 3 is 2.30 bits per heavy atom. The zero-order valence-corrected chi connectivity index (χ0v) is 18.7. The highest BCUT2D eigenvalue weighted by Gasteiger charge is 2.28. The van der Waals surface area contributed by atoms with Gasteiger partial charge in [0.1, 0.15) is 5.75 Å². The maximum absolute atomic E-state index is 12.2. The fourth-order valence-corrected chi connectivity index (χ4v) is 4.69. The summed E-state index contributed by atoms with van der Waals surface area (Å²) in [4.78, 5) is 28.4. The largest absolute Gasteiger partial charge is 0.497 e. The van der Waals surface area contributed by atoms with Crippen molar-refractivity contribution in [1.29, 1.82) is 0 Å². The molecule has 33 heavy (non-hydrogen) atoms. The van der Waals surface area contributed by atoms with E-state index in [1.807, 2.05) is 46.0 Å². The molecule has 8 nitrogen and oxygen atoms in total. The predicted molar refractivity (Wildman–Crippen MR) is 126 cm³/mol. The second-order valence-electron chi connectivity index (χ2n) is 8.44. The van der Waals surface area contributed by atoms with Gasteiger partial charge in [-0.25, -0.2) is 4.68 Å². The monoisotopic (exact) mass is 445 g/mol.